The molecule has 0 saturated carbocycles. The maximum Gasteiger partial charge on any atom is 0.368 e. The van der Waals surface area contributed by atoms with Crippen LogP contribution in [0.5, 0.6) is 0 Å². The Kier molecular flexibility index (Phi) is 3.66. The summed E-state index contributed by atoms with van der Waals surface area (Å²) < 4.78 is 5.37. The first-order valence-electron chi connectivity index (χ1n) is 4.73. The third-order valence-corrected chi connectivity index (χ3v) is 2.07. The third kappa shape index (κ3) is 3.12. The smallest absolute Gasteiger partial charge is 0.347 e. The first-order valence-corrected chi connectivity index (χ1v) is 4.73. The van der Waals surface area contributed by atoms with Gasteiger partial charge in [0.15, 0.2) is 0 Å². The number of ether oxygens (including phenoxy) is 1. The molecule has 4 heteroatoms. The van der Waals surface area contributed by atoms with Crippen LogP contribution in [-0.4, -0.2) is 18.4 Å². The van der Waals surface area contributed by atoms with E-state index < -0.39 is 11.8 Å². The average molecular weight is 200 g/mol. The van der Waals surface area contributed by atoms with Gasteiger partial charge in [0.1, 0.15) is 0 Å². The Morgan fingerprint density at radius 2 is 2.21 bits per heavy atom. The van der Waals surface area contributed by atoms with E-state index in [0.717, 1.165) is 19.3 Å². The molecule has 4 nitrogen and oxygen atoms in total. The molecular weight excluding hydrogens is 184 g/mol. The average Bonchev–Trinajstić information content (AvgIpc) is 2.15. The molecule has 0 amide bonds. The molecule has 14 heavy (non-hydrogen) atoms. The van der Waals surface area contributed by atoms with Crippen molar-refractivity contribution in [2.45, 2.75) is 38.9 Å². The number of hydrogen-bond acceptors (Lipinski definition) is 4. The van der Waals surface area contributed by atoms with E-state index in [4.69, 9.17) is 9.62 Å². The summed E-state index contributed by atoms with van der Waals surface area (Å²) in [6.45, 7) is 7.41. The summed E-state index contributed by atoms with van der Waals surface area (Å²) >= 11 is 0. The number of rotatable bonds is 3. The molecule has 1 atom stereocenters. The number of carbonyl (C=O) groups is 1. The fraction of sp³-hybridized carbons (Fsp3) is 0.700. The monoisotopic (exact) mass is 200 g/mol. The van der Waals surface area contributed by atoms with Gasteiger partial charge in [0.2, 0.25) is 5.79 Å². The van der Waals surface area contributed by atoms with Crippen LogP contribution in [0.4, 0.5) is 0 Å². The highest BCUT2D eigenvalue weighted by atomic mass is 17.2. The summed E-state index contributed by atoms with van der Waals surface area (Å²) in [4.78, 5) is 20.6. The summed E-state index contributed by atoms with van der Waals surface area (Å²) in [5.74, 6) is -1.34. The lowest BCUT2D eigenvalue weighted by atomic mass is 10.1. The Labute approximate surface area is 83.8 Å². The van der Waals surface area contributed by atoms with Crippen molar-refractivity contribution in [3.8, 4) is 0 Å². The van der Waals surface area contributed by atoms with Crippen molar-refractivity contribution in [3.05, 3.63) is 12.2 Å². The molecule has 0 bridgehead atoms. The van der Waals surface area contributed by atoms with Gasteiger partial charge in [0.05, 0.1) is 6.61 Å². The normalized spacial score (nSPS) is 27.0. The molecule has 0 aliphatic carbocycles. The summed E-state index contributed by atoms with van der Waals surface area (Å²) in [5, 5.41) is 0. The molecule has 1 rings (SSSR count). The maximum atomic E-state index is 11.0. The van der Waals surface area contributed by atoms with E-state index in [1.807, 2.05) is 0 Å². The predicted octanol–water partition coefficient (Wildman–Crippen LogP) is 1.95. The fourth-order valence-corrected chi connectivity index (χ4v) is 1.17. The SMILES string of the molecule is C=C(C)C(=O)OOC1(C)CCCCO1. The second kappa shape index (κ2) is 4.57. The van der Waals surface area contributed by atoms with Crippen LogP contribution in [0.1, 0.15) is 33.1 Å². The Morgan fingerprint density at radius 1 is 1.50 bits per heavy atom. The molecule has 0 spiro atoms. The highest BCUT2D eigenvalue weighted by Gasteiger charge is 2.31. The molecule has 0 radical (unpaired) electrons. The molecule has 80 valence electrons. The minimum Gasteiger partial charge on any atom is -0.347 e. The molecule has 1 unspecified atom stereocenters. The molecule has 1 aliphatic heterocycles. The van der Waals surface area contributed by atoms with Crippen LogP contribution in [0.15, 0.2) is 12.2 Å². The number of carbonyl (C=O) groups excluding carboxylic acids is 1. The van der Waals surface area contributed by atoms with Gasteiger partial charge in [-0.05, 0) is 26.7 Å². The van der Waals surface area contributed by atoms with Crippen molar-refractivity contribution in [2.24, 2.45) is 0 Å². The van der Waals surface area contributed by atoms with Crippen molar-refractivity contribution in [2.75, 3.05) is 6.61 Å². The van der Waals surface area contributed by atoms with Gasteiger partial charge in [-0.25, -0.2) is 4.79 Å². The number of hydrogen-bond donors (Lipinski definition) is 0. The van der Waals surface area contributed by atoms with Gasteiger partial charge in [-0.3, -0.25) is 4.89 Å². The van der Waals surface area contributed by atoms with Gasteiger partial charge in [0, 0.05) is 12.0 Å². The minimum atomic E-state index is -0.788. The lowest BCUT2D eigenvalue weighted by Gasteiger charge is -2.31. The maximum absolute atomic E-state index is 11.0. The summed E-state index contributed by atoms with van der Waals surface area (Å²) in [6.07, 6.45) is 2.77. The van der Waals surface area contributed by atoms with Crippen LogP contribution in [0, 0.1) is 0 Å². The van der Waals surface area contributed by atoms with Crippen molar-refractivity contribution in [1.29, 1.82) is 0 Å². The van der Waals surface area contributed by atoms with Gasteiger partial charge in [-0.2, -0.15) is 0 Å². The zero-order chi connectivity index (χ0) is 10.6. The van der Waals surface area contributed by atoms with Crippen molar-refractivity contribution in [3.63, 3.8) is 0 Å². The molecular formula is C10H16O4. The largest absolute Gasteiger partial charge is 0.368 e. The highest BCUT2D eigenvalue weighted by Crippen LogP contribution is 2.25. The Bertz CT molecular complexity index is 228. The molecule has 1 aliphatic rings. The Hall–Kier alpha value is -0.870. The van der Waals surface area contributed by atoms with E-state index in [1.54, 1.807) is 13.8 Å². The van der Waals surface area contributed by atoms with E-state index in [-0.39, 0.29) is 0 Å². The standard InChI is InChI=1S/C10H16O4/c1-8(2)9(11)13-14-10(3)6-4-5-7-12-10/h1,4-7H2,2-3H3. The van der Waals surface area contributed by atoms with Gasteiger partial charge in [-0.15, -0.1) is 4.89 Å². The second-order valence-corrected chi connectivity index (χ2v) is 3.67. The van der Waals surface area contributed by atoms with Crippen LogP contribution in [0.2, 0.25) is 0 Å². The van der Waals surface area contributed by atoms with E-state index >= 15 is 0 Å². The zero-order valence-corrected chi connectivity index (χ0v) is 8.67. The highest BCUT2D eigenvalue weighted by molar-refractivity contribution is 5.86. The van der Waals surface area contributed by atoms with Gasteiger partial charge >= 0.3 is 5.97 Å². The summed E-state index contributed by atoms with van der Waals surface area (Å²) in [5.41, 5.74) is 0.310. The van der Waals surface area contributed by atoms with Crippen LogP contribution < -0.4 is 0 Å². The third-order valence-electron chi connectivity index (χ3n) is 2.07. The van der Waals surface area contributed by atoms with E-state index in [2.05, 4.69) is 11.5 Å². The van der Waals surface area contributed by atoms with Gasteiger partial charge < -0.3 is 4.74 Å². The molecule has 0 N–H and O–H groups in total. The topological polar surface area (TPSA) is 44.8 Å². The first kappa shape index (κ1) is 11.2. The predicted molar refractivity (Wildman–Crippen MR) is 50.2 cm³/mol. The fourth-order valence-electron chi connectivity index (χ4n) is 1.17. The lowest BCUT2D eigenvalue weighted by Crippen LogP contribution is -2.36. The van der Waals surface area contributed by atoms with E-state index in [9.17, 15) is 4.79 Å². The van der Waals surface area contributed by atoms with Crippen LogP contribution in [-0.2, 0) is 19.3 Å². The first-order chi connectivity index (χ1) is 6.53. The molecule has 0 aromatic heterocycles. The van der Waals surface area contributed by atoms with E-state index in [0.29, 0.717) is 12.2 Å². The molecule has 0 aromatic carbocycles. The Balaban J connectivity index is 2.35. The molecule has 1 fully saturated rings. The minimum absolute atomic E-state index is 0.310. The van der Waals surface area contributed by atoms with Crippen LogP contribution >= 0.6 is 0 Å². The molecule has 0 aromatic rings. The van der Waals surface area contributed by atoms with E-state index in [1.165, 1.54) is 0 Å². The lowest BCUT2D eigenvalue weighted by molar-refractivity contribution is -0.404. The second-order valence-electron chi connectivity index (χ2n) is 3.67. The van der Waals surface area contributed by atoms with Gasteiger partial charge in [0.25, 0.3) is 0 Å². The quantitative estimate of drug-likeness (QED) is 0.397. The van der Waals surface area contributed by atoms with Crippen molar-refractivity contribution in [1.82, 2.24) is 0 Å². The van der Waals surface area contributed by atoms with Crippen LogP contribution in [0.3, 0.4) is 0 Å². The zero-order valence-electron chi connectivity index (χ0n) is 8.67. The molecule has 1 heterocycles. The Morgan fingerprint density at radius 3 is 2.71 bits per heavy atom. The summed E-state index contributed by atoms with van der Waals surface area (Å²) in [6, 6.07) is 0. The molecule has 1 saturated heterocycles. The van der Waals surface area contributed by atoms with Crippen molar-refractivity contribution < 1.29 is 19.3 Å². The van der Waals surface area contributed by atoms with Crippen molar-refractivity contribution >= 4 is 5.97 Å². The van der Waals surface area contributed by atoms with Gasteiger partial charge in [-0.1, -0.05) is 6.58 Å². The summed E-state index contributed by atoms with van der Waals surface area (Å²) in [7, 11) is 0. The van der Waals surface area contributed by atoms with Crippen LogP contribution in [0.25, 0.3) is 0 Å².